The first kappa shape index (κ1) is 22.4. The van der Waals surface area contributed by atoms with Gasteiger partial charge in [-0.1, -0.05) is 32.6 Å². The zero-order chi connectivity index (χ0) is 5.54. The minimum Gasteiger partial charge on any atom is -0.412 e. The van der Waals surface area contributed by atoms with Gasteiger partial charge in [-0.25, -0.2) is 0 Å². The van der Waals surface area contributed by atoms with Gasteiger partial charge in [0.25, 0.3) is 0 Å². The summed E-state index contributed by atoms with van der Waals surface area (Å²) >= 11 is 0. The molecule has 0 rings (SSSR count). The minimum absolute atomic E-state index is 0. The van der Waals surface area contributed by atoms with Crippen LogP contribution in [0.1, 0.15) is 39.0 Å². The third-order valence-corrected chi connectivity index (χ3v) is 1.10. The van der Waals surface area contributed by atoms with Crippen molar-refractivity contribution in [2.45, 2.75) is 39.0 Å². The molecule has 64 valence electrons. The number of rotatable bonds is 4. The molecule has 0 aromatic heterocycles. The van der Waals surface area contributed by atoms with E-state index in [9.17, 15) is 0 Å². The van der Waals surface area contributed by atoms with Gasteiger partial charge in [-0.15, -0.1) is 0 Å². The second kappa shape index (κ2) is 22.6. The van der Waals surface area contributed by atoms with Crippen LogP contribution in [0.3, 0.4) is 0 Å². The summed E-state index contributed by atoms with van der Waals surface area (Å²) in [5.74, 6) is 0. The van der Waals surface area contributed by atoms with Crippen molar-refractivity contribution >= 4 is 0 Å². The largest absolute Gasteiger partial charge is 0.412 e. The average molecular weight is 183 g/mol. The SMILES string of the molecule is O.O.[CH2-]CCCCCC.[Ti]. The molecule has 0 radical (unpaired) electrons. The maximum atomic E-state index is 3.76. The molecule has 0 atom stereocenters. The number of hydrogen-bond acceptors (Lipinski definition) is 0. The van der Waals surface area contributed by atoms with Crippen molar-refractivity contribution in [1.29, 1.82) is 0 Å². The van der Waals surface area contributed by atoms with Crippen LogP contribution in [0.2, 0.25) is 0 Å². The summed E-state index contributed by atoms with van der Waals surface area (Å²) in [6.45, 7) is 5.98. The van der Waals surface area contributed by atoms with Gasteiger partial charge in [0.2, 0.25) is 0 Å². The van der Waals surface area contributed by atoms with Crippen LogP contribution < -0.4 is 0 Å². The van der Waals surface area contributed by atoms with E-state index >= 15 is 0 Å². The normalized spacial score (nSPS) is 6.60. The van der Waals surface area contributed by atoms with Gasteiger partial charge in [0, 0.05) is 21.7 Å². The fourth-order valence-electron chi connectivity index (χ4n) is 0.604. The number of unbranched alkanes of at least 4 members (excludes halogenated alkanes) is 4. The molecule has 0 aliphatic rings. The molecule has 2 nitrogen and oxygen atoms in total. The van der Waals surface area contributed by atoms with Crippen molar-refractivity contribution in [3.63, 3.8) is 0 Å². The van der Waals surface area contributed by atoms with E-state index in [0.29, 0.717) is 0 Å². The fraction of sp³-hybridized carbons (Fsp3) is 0.857. The van der Waals surface area contributed by atoms with Gasteiger partial charge < -0.3 is 17.9 Å². The summed E-state index contributed by atoms with van der Waals surface area (Å²) < 4.78 is 0. The van der Waals surface area contributed by atoms with Crippen molar-refractivity contribution in [2.24, 2.45) is 0 Å². The molecule has 0 unspecified atom stereocenters. The summed E-state index contributed by atoms with van der Waals surface area (Å²) in [5, 5.41) is 0. The van der Waals surface area contributed by atoms with Gasteiger partial charge in [-0.2, -0.15) is 6.42 Å². The summed E-state index contributed by atoms with van der Waals surface area (Å²) in [6, 6.07) is 0. The topological polar surface area (TPSA) is 63.0 Å². The van der Waals surface area contributed by atoms with E-state index in [0.717, 1.165) is 6.42 Å². The van der Waals surface area contributed by atoms with Crippen LogP contribution in [0.4, 0.5) is 0 Å². The van der Waals surface area contributed by atoms with E-state index in [4.69, 9.17) is 0 Å². The molecule has 10 heavy (non-hydrogen) atoms. The first-order valence-electron chi connectivity index (χ1n) is 3.21. The fourth-order valence-corrected chi connectivity index (χ4v) is 0.604. The molecule has 0 aromatic rings. The third-order valence-electron chi connectivity index (χ3n) is 1.10. The van der Waals surface area contributed by atoms with Crippen molar-refractivity contribution in [3.05, 3.63) is 6.92 Å². The average Bonchev–Trinajstić information content (AvgIpc) is 1.69. The predicted molar refractivity (Wildman–Crippen MR) is 41.3 cm³/mol. The Morgan fingerprint density at radius 3 is 1.80 bits per heavy atom. The van der Waals surface area contributed by atoms with Crippen LogP contribution in [0.5, 0.6) is 0 Å². The van der Waals surface area contributed by atoms with E-state index in [1.807, 2.05) is 0 Å². The third kappa shape index (κ3) is 23.4. The standard InChI is InChI=1S/C7H15.2H2O.Ti/c1-3-5-7-6-4-2;;;/h1,3-7H2,2H3;2*1H2;/q-1;;;. The molecule has 0 aliphatic carbocycles. The molecule has 0 aromatic carbocycles. The van der Waals surface area contributed by atoms with Crippen molar-refractivity contribution in [2.75, 3.05) is 0 Å². The van der Waals surface area contributed by atoms with E-state index in [1.165, 1.54) is 25.7 Å². The predicted octanol–water partition coefficient (Wildman–Crippen LogP) is 1.14. The Morgan fingerprint density at radius 2 is 1.50 bits per heavy atom. The molecule has 0 heterocycles. The van der Waals surface area contributed by atoms with Crippen molar-refractivity contribution < 1.29 is 32.7 Å². The summed E-state index contributed by atoms with van der Waals surface area (Å²) in [6.07, 6.45) is 6.52. The Hall–Kier alpha value is 0.634. The van der Waals surface area contributed by atoms with Gasteiger partial charge in [-0.3, -0.25) is 0 Å². The zero-order valence-corrected chi connectivity index (χ0v) is 8.30. The Balaban J connectivity index is -0.0000000600. The first-order valence-corrected chi connectivity index (χ1v) is 3.21. The van der Waals surface area contributed by atoms with Crippen molar-refractivity contribution in [3.8, 4) is 0 Å². The molecule has 0 fully saturated rings. The summed E-state index contributed by atoms with van der Waals surface area (Å²) in [7, 11) is 0. The van der Waals surface area contributed by atoms with Crippen LogP contribution in [0.15, 0.2) is 0 Å². The van der Waals surface area contributed by atoms with Gasteiger partial charge in [0.15, 0.2) is 0 Å². The van der Waals surface area contributed by atoms with Crippen LogP contribution in [-0.2, 0) is 21.7 Å². The summed E-state index contributed by atoms with van der Waals surface area (Å²) in [4.78, 5) is 0. The monoisotopic (exact) mass is 183 g/mol. The molecular formula is C7H19O2Ti-. The van der Waals surface area contributed by atoms with Gasteiger partial charge in [0.1, 0.15) is 0 Å². The van der Waals surface area contributed by atoms with Gasteiger partial charge >= 0.3 is 0 Å². The van der Waals surface area contributed by atoms with Gasteiger partial charge in [-0.05, 0) is 0 Å². The van der Waals surface area contributed by atoms with E-state index in [2.05, 4.69) is 13.8 Å². The molecular weight excluding hydrogens is 164 g/mol. The van der Waals surface area contributed by atoms with Crippen LogP contribution in [-0.4, -0.2) is 11.0 Å². The smallest absolute Gasteiger partial charge is 0 e. The molecule has 4 N–H and O–H groups in total. The molecule has 0 saturated carbocycles. The maximum Gasteiger partial charge on any atom is 0 e. The Bertz CT molecular complexity index is 30.8. The summed E-state index contributed by atoms with van der Waals surface area (Å²) in [5.41, 5.74) is 0. The second-order valence-corrected chi connectivity index (χ2v) is 1.91. The van der Waals surface area contributed by atoms with Crippen LogP contribution in [0.25, 0.3) is 0 Å². The van der Waals surface area contributed by atoms with E-state index < -0.39 is 0 Å². The molecule has 0 spiro atoms. The molecule has 0 bridgehead atoms. The second-order valence-electron chi connectivity index (χ2n) is 1.91. The first-order chi connectivity index (χ1) is 3.41. The maximum absolute atomic E-state index is 3.76. The molecule has 0 amide bonds. The molecule has 3 heteroatoms. The Kier molecular flexibility index (Phi) is 50.7. The zero-order valence-electron chi connectivity index (χ0n) is 6.74. The minimum atomic E-state index is 0. The van der Waals surface area contributed by atoms with Crippen molar-refractivity contribution in [1.82, 2.24) is 0 Å². The number of hydrogen-bond donors (Lipinski definition) is 0. The van der Waals surface area contributed by atoms with E-state index in [-0.39, 0.29) is 32.7 Å². The molecule has 0 saturated heterocycles. The van der Waals surface area contributed by atoms with Crippen LogP contribution in [0, 0.1) is 6.92 Å². The quantitative estimate of drug-likeness (QED) is 0.356. The molecule has 0 aliphatic heterocycles. The van der Waals surface area contributed by atoms with Gasteiger partial charge in [0.05, 0.1) is 0 Å². The Morgan fingerprint density at radius 1 is 1.00 bits per heavy atom. The van der Waals surface area contributed by atoms with E-state index in [1.54, 1.807) is 0 Å². The Labute approximate surface area is 78.9 Å². The van der Waals surface area contributed by atoms with Crippen LogP contribution >= 0.6 is 0 Å².